The first-order chi connectivity index (χ1) is 6.74. The van der Waals surface area contributed by atoms with Crippen molar-refractivity contribution in [2.75, 3.05) is 27.7 Å². The highest BCUT2D eigenvalue weighted by atomic mass is 16.5. The lowest BCUT2D eigenvalue weighted by Gasteiger charge is -2.28. The molecule has 0 aromatic rings. The molecule has 0 saturated heterocycles. The summed E-state index contributed by atoms with van der Waals surface area (Å²) in [5.41, 5.74) is 0. The monoisotopic (exact) mass is 214 g/mol. The largest absolute Gasteiger partial charge is 0.456 e. The van der Waals surface area contributed by atoms with Gasteiger partial charge < -0.3 is 9.22 Å². The summed E-state index contributed by atoms with van der Waals surface area (Å²) in [6, 6.07) is 0. The molecule has 0 aliphatic rings. The molecule has 0 spiro atoms. The predicted octanol–water partition coefficient (Wildman–Crippen LogP) is 0.769. The molecular weight excluding hydrogens is 194 g/mol. The third-order valence-electron chi connectivity index (χ3n) is 1.74. The molecule has 0 aromatic carbocycles. The van der Waals surface area contributed by atoms with E-state index in [1.807, 2.05) is 21.1 Å². The number of quaternary nitrogens is 1. The van der Waals surface area contributed by atoms with Crippen LogP contribution >= 0.6 is 0 Å². The first-order valence-corrected chi connectivity index (χ1v) is 4.87. The zero-order valence-electron chi connectivity index (χ0n) is 9.95. The summed E-state index contributed by atoms with van der Waals surface area (Å²) in [4.78, 5) is 22.0. The normalized spacial score (nSPS) is 13.1. The van der Waals surface area contributed by atoms with Gasteiger partial charge in [-0.25, -0.2) is 0 Å². The molecule has 86 valence electrons. The predicted molar refractivity (Wildman–Crippen MR) is 58.3 cm³/mol. The van der Waals surface area contributed by atoms with Crippen molar-refractivity contribution >= 4 is 11.8 Å². The fraction of sp³-hybridized carbons (Fsp3) is 0.636. The molecule has 15 heavy (non-hydrogen) atoms. The highest BCUT2D eigenvalue weighted by Crippen LogP contribution is 2.06. The third-order valence-corrected chi connectivity index (χ3v) is 1.74. The molecule has 4 nitrogen and oxygen atoms in total. The number of ketones is 1. The molecule has 0 saturated carbocycles. The number of rotatable bonds is 6. The number of carbonyl (C=O) groups is 2. The van der Waals surface area contributed by atoms with Crippen molar-refractivity contribution in [2.24, 2.45) is 0 Å². The Balaban J connectivity index is 4.37. The van der Waals surface area contributed by atoms with Crippen molar-refractivity contribution in [3.8, 4) is 0 Å². The molecule has 0 radical (unpaired) electrons. The van der Waals surface area contributed by atoms with Crippen molar-refractivity contribution in [2.45, 2.75) is 19.4 Å². The summed E-state index contributed by atoms with van der Waals surface area (Å²) in [5.74, 6) is -0.458. The minimum atomic E-state index is -0.368. The van der Waals surface area contributed by atoms with Gasteiger partial charge in [0.15, 0.2) is 11.9 Å². The van der Waals surface area contributed by atoms with Gasteiger partial charge in [-0.05, 0) is 6.08 Å². The van der Waals surface area contributed by atoms with Crippen molar-refractivity contribution in [1.82, 2.24) is 0 Å². The van der Waals surface area contributed by atoms with Crippen LogP contribution in [-0.4, -0.2) is 50.0 Å². The summed E-state index contributed by atoms with van der Waals surface area (Å²) in [6.07, 6.45) is 1.10. The second kappa shape index (κ2) is 5.66. The molecule has 0 fully saturated rings. The van der Waals surface area contributed by atoms with E-state index in [0.717, 1.165) is 0 Å². The van der Waals surface area contributed by atoms with E-state index in [1.54, 1.807) is 0 Å². The lowest BCUT2D eigenvalue weighted by Crippen LogP contribution is -2.43. The van der Waals surface area contributed by atoms with Crippen LogP contribution in [0.2, 0.25) is 0 Å². The number of nitrogens with zero attached hydrogens (tertiary/aromatic N) is 1. The van der Waals surface area contributed by atoms with Crippen LogP contribution < -0.4 is 0 Å². The van der Waals surface area contributed by atoms with Gasteiger partial charge in [0, 0.05) is 6.92 Å². The molecule has 1 unspecified atom stereocenters. The highest BCUT2D eigenvalue weighted by Gasteiger charge is 2.22. The number of ether oxygens (including phenoxy) is 1. The minimum absolute atomic E-state index is 0.102. The summed E-state index contributed by atoms with van der Waals surface area (Å²) >= 11 is 0. The fourth-order valence-corrected chi connectivity index (χ4v) is 1.30. The Bertz CT molecular complexity index is 253. The van der Waals surface area contributed by atoms with Gasteiger partial charge in [0.25, 0.3) is 0 Å². The standard InChI is InChI=1S/C11H20NO3/c1-6-10(14)7-11(15-9(2)13)8-12(3,4)5/h6,11H,1,7-8H2,2-5H3/q+1. The molecule has 0 rings (SSSR count). The Labute approximate surface area is 91.1 Å². The van der Waals surface area contributed by atoms with Crippen LogP contribution in [0.5, 0.6) is 0 Å². The molecule has 0 heterocycles. The summed E-state index contributed by atoms with van der Waals surface area (Å²) in [7, 11) is 5.94. The zero-order chi connectivity index (χ0) is 12.1. The topological polar surface area (TPSA) is 43.4 Å². The van der Waals surface area contributed by atoms with Crippen molar-refractivity contribution < 1.29 is 18.8 Å². The Kier molecular flexibility index (Phi) is 5.22. The molecule has 0 aromatic heterocycles. The van der Waals surface area contributed by atoms with Gasteiger partial charge in [-0.2, -0.15) is 0 Å². The number of allylic oxidation sites excluding steroid dienone is 1. The minimum Gasteiger partial charge on any atom is -0.456 e. The fourth-order valence-electron chi connectivity index (χ4n) is 1.30. The van der Waals surface area contributed by atoms with Gasteiger partial charge in [0.2, 0.25) is 0 Å². The SMILES string of the molecule is C=CC(=O)CC(C[N+](C)(C)C)OC(C)=O. The first kappa shape index (κ1) is 13.8. The third kappa shape index (κ3) is 7.88. The molecule has 0 aliphatic heterocycles. The van der Waals surface area contributed by atoms with E-state index in [4.69, 9.17) is 4.74 Å². The van der Waals surface area contributed by atoms with E-state index in [-0.39, 0.29) is 24.3 Å². The number of likely N-dealkylation sites (N-methyl/N-ethyl adjacent to an activating group) is 1. The smallest absolute Gasteiger partial charge is 0.303 e. The van der Waals surface area contributed by atoms with Gasteiger partial charge in [0.1, 0.15) is 6.54 Å². The number of hydrogen-bond donors (Lipinski definition) is 0. The summed E-state index contributed by atoms with van der Waals surface area (Å²) in [5, 5.41) is 0. The quantitative estimate of drug-likeness (QED) is 0.372. The maximum atomic E-state index is 11.2. The van der Waals surface area contributed by atoms with E-state index in [9.17, 15) is 9.59 Å². The van der Waals surface area contributed by atoms with Gasteiger partial charge in [-0.15, -0.1) is 0 Å². The van der Waals surface area contributed by atoms with Crippen LogP contribution in [0.25, 0.3) is 0 Å². The second-order valence-electron chi connectivity index (χ2n) is 4.58. The lowest BCUT2D eigenvalue weighted by atomic mass is 10.1. The molecule has 0 aliphatic carbocycles. The molecule has 0 bridgehead atoms. The second-order valence-corrected chi connectivity index (χ2v) is 4.58. The van der Waals surface area contributed by atoms with Crippen LogP contribution in [0.15, 0.2) is 12.7 Å². The van der Waals surface area contributed by atoms with Crippen molar-refractivity contribution in [3.05, 3.63) is 12.7 Å². The lowest BCUT2D eigenvalue weighted by molar-refractivity contribution is -0.873. The zero-order valence-corrected chi connectivity index (χ0v) is 9.95. The molecule has 0 amide bonds. The van der Waals surface area contributed by atoms with Gasteiger partial charge in [-0.3, -0.25) is 9.59 Å². The maximum absolute atomic E-state index is 11.2. The summed E-state index contributed by atoms with van der Waals surface area (Å²) in [6.45, 7) is 5.35. The Morgan fingerprint density at radius 1 is 1.40 bits per heavy atom. The van der Waals surface area contributed by atoms with Crippen molar-refractivity contribution in [1.29, 1.82) is 0 Å². The maximum Gasteiger partial charge on any atom is 0.303 e. The molecule has 0 N–H and O–H groups in total. The number of esters is 1. The van der Waals surface area contributed by atoms with Crippen LogP contribution in [0.1, 0.15) is 13.3 Å². The Morgan fingerprint density at radius 2 is 1.93 bits per heavy atom. The molecule has 1 atom stereocenters. The van der Waals surface area contributed by atoms with E-state index in [0.29, 0.717) is 11.0 Å². The van der Waals surface area contributed by atoms with Crippen LogP contribution in [-0.2, 0) is 14.3 Å². The van der Waals surface area contributed by atoms with Crippen LogP contribution in [0, 0.1) is 0 Å². The van der Waals surface area contributed by atoms with E-state index in [1.165, 1.54) is 13.0 Å². The summed E-state index contributed by atoms with van der Waals surface area (Å²) < 4.78 is 5.72. The Hall–Kier alpha value is -1.16. The van der Waals surface area contributed by atoms with Crippen molar-refractivity contribution in [3.63, 3.8) is 0 Å². The van der Waals surface area contributed by atoms with Gasteiger partial charge in [0.05, 0.1) is 27.6 Å². The van der Waals surface area contributed by atoms with E-state index in [2.05, 4.69) is 6.58 Å². The van der Waals surface area contributed by atoms with Crippen LogP contribution in [0.4, 0.5) is 0 Å². The van der Waals surface area contributed by atoms with E-state index >= 15 is 0 Å². The first-order valence-electron chi connectivity index (χ1n) is 4.87. The average molecular weight is 214 g/mol. The van der Waals surface area contributed by atoms with Gasteiger partial charge in [-0.1, -0.05) is 6.58 Å². The Morgan fingerprint density at radius 3 is 2.27 bits per heavy atom. The number of hydrogen-bond acceptors (Lipinski definition) is 3. The molecular formula is C11H20NO3+. The molecule has 4 heteroatoms. The highest BCUT2D eigenvalue weighted by molar-refractivity contribution is 5.89. The van der Waals surface area contributed by atoms with Crippen LogP contribution in [0.3, 0.4) is 0 Å². The number of carbonyl (C=O) groups excluding carboxylic acids is 2. The average Bonchev–Trinajstić information content (AvgIpc) is 1.99. The van der Waals surface area contributed by atoms with E-state index < -0.39 is 0 Å². The van der Waals surface area contributed by atoms with Gasteiger partial charge >= 0.3 is 5.97 Å².